The first kappa shape index (κ1) is 23.4. The summed E-state index contributed by atoms with van der Waals surface area (Å²) < 4.78 is 4.80. The summed E-state index contributed by atoms with van der Waals surface area (Å²) in [5, 5.41) is 22.7. The van der Waals surface area contributed by atoms with E-state index in [-0.39, 0.29) is 28.8 Å². The van der Waals surface area contributed by atoms with Crippen molar-refractivity contribution in [3.8, 4) is 0 Å². The molecule has 28 heavy (non-hydrogen) atoms. The van der Waals surface area contributed by atoms with Gasteiger partial charge in [0.05, 0.1) is 5.95 Å². The molecular weight excluding hydrogens is 392 g/mol. The smallest absolute Gasteiger partial charge is 0.875 e. The van der Waals surface area contributed by atoms with Crippen molar-refractivity contribution in [3.63, 3.8) is 0 Å². The molecule has 0 heterocycles. The normalized spacial score (nSPS) is 13.9. The summed E-state index contributed by atoms with van der Waals surface area (Å²) >= 11 is 0. The van der Waals surface area contributed by atoms with E-state index in [0.29, 0.717) is 13.0 Å². The van der Waals surface area contributed by atoms with Gasteiger partial charge in [-0.2, -0.15) is 0 Å². The average molecular weight is 416 g/mol. The van der Waals surface area contributed by atoms with E-state index in [4.69, 9.17) is 4.74 Å². The molecule has 2 aliphatic rings. The van der Waals surface area contributed by atoms with Crippen LogP contribution in [0.15, 0.2) is 113 Å². The van der Waals surface area contributed by atoms with Crippen LogP contribution in [-0.2, 0) is 28.2 Å². The van der Waals surface area contributed by atoms with Crippen molar-refractivity contribution in [2.24, 2.45) is 0 Å². The molecule has 0 spiro atoms. The van der Waals surface area contributed by atoms with Crippen LogP contribution in [0.3, 0.4) is 0 Å². The van der Waals surface area contributed by atoms with Crippen molar-refractivity contribution >= 4 is 0 Å². The maximum atomic E-state index is 11.7. The predicted molar refractivity (Wildman–Crippen MR) is 106 cm³/mol. The molecule has 0 aliphatic heterocycles. The second kappa shape index (κ2) is 12.7. The fourth-order valence-corrected chi connectivity index (χ4v) is 2.52. The van der Waals surface area contributed by atoms with Crippen molar-refractivity contribution in [2.45, 2.75) is 20.3 Å². The minimum absolute atomic E-state index is 0. The number of hydrogen-bond acceptors (Lipinski definition) is 3. The standard InChI is InChI=1S/C13H12O.C11H14O2.Fe/c14-13(12-8-4-5-9-12)10-11-6-2-1-3-7-11;1-3-13-11(12)8-9(2)10-6-4-5-7-10;/h1-9,14H,10H2;4-8,12H,3H2,1-2H3;/q;;+2/p-2. The number of ether oxygens (including phenoxy) is 1. The van der Waals surface area contributed by atoms with Gasteiger partial charge >= 0.3 is 17.1 Å². The molecule has 0 aromatic heterocycles. The monoisotopic (exact) mass is 416 g/mol. The Morgan fingerprint density at radius 1 is 0.893 bits per heavy atom. The molecule has 4 heteroatoms. The molecular formula is C24H24FeO3. The van der Waals surface area contributed by atoms with Gasteiger partial charge in [0.2, 0.25) is 0 Å². The van der Waals surface area contributed by atoms with E-state index < -0.39 is 0 Å². The minimum atomic E-state index is -0.277. The van der Waals surface area contributed by atoms with Crippen LogP contribution in [-0.4, -0.2) is 6.61 Å². The third-order valence-electron chi connectivity index (χ3n) is 3.93. The molecule has 0 radical (unpaired) electrons. The van der Waals surface area contributed by atoms with Crippen LogP contribution in [0.25, 0.3) is 0 Å². The number of rotatable bonds is 5. The van der Waals surface area contributed by atoms with Crippen LogP contribution in [0.1, 0.15) is 19.4 Å². The Bertz CT molecular complexity index is 810. The minimum Gasteiger partial charge on any atom is -0.875 e. The van der Waals surface area contributed by atoms with Crippen LogP contribution in [0.5, 0.6) is 0 Å². The summed E-state index contributed by atoms with van der Waals surface area (Å²) in [6.45, 7) is 4.11. The van der Waals surface area contributed by atoms with E-state index >= 15 is 0 Å². The van der Waals surface area contributed by atoms with E-state index in [2.05, 4.69) is 0 Å². The molecule has 0 fully saturated rings. The van der Waals surface area contributed by atoms with Gasteiger partial charge in [0.25, 0.3) is 0 Å². The van der Waals surface area contributed by atoms with Gasteiger partial charge < -0.3 is 14.9 Å². The van der Waals surface area contributed by atoms with Crippen LogP contribution >= 0.6 is 0 Å². The van der Waals surface area contributed by atoms with Gasteiger partial charge in [-0.3, -0.25) is 0 Å². The van der Waals surface area contributed by atoms with Crippen molar-refractivity contribution in [3.05, 3.63) is 119 Å². The number of allylic oxidation sites excluding steroid dienone is 13. The quantitative estimate of drug-likeness (QED) is 0.544. The Hall–Kier alpha value is -2.68. The van der Waals surface area contributed by atoms with Crippen molar-refractivity contribution in [1.82, 2.24) is 0 Å². The maximum absolute atomic E-state index is 11.7. The fraction of sp³-hybridized carbons (Fsp3) is 0.167. The summed E-state index contributed by atoms with van der Waals surface area (Å²) in [5.41, 5.74) is 3.86. The Labute approximate surface area is 177 Å². The third-order valence-corrected chi connectivity index (χ3v) is 3.93. The van der Waals surface area contributed by atoms with Crippen molar-refractivity contribution in [1.29, 1.82) is 0 Å². The molecule has 1 aromatic rings. The third kappa shape index (κ3) is 7.91. The molecule has 0 saturated heterocycles. The summed E-state index contributed by atoms with van der Waals surface area (Å²) in [7, 11) is 0. The largest absolute Gasteiger partial charge is 2.00 e. The summed E-state index contributed by atoms with van der Waals surface area (Å²) in [6.07, 6.45) is 17.3. The summed E-state index contributed by atoms with van der Waals surface area (Å²) in [4.78, 5) is 0. The molecule has 3 nitrogen and oxygen atoms in total. The van der Waals surface area contributed by atoms with E-state index in [1.165, 1.54) is 6.08 Å². The molecule has 0 bridgehead atoms. The molecule has 2 aliphatic carbocycles. The van der Waals surface area contributed by atoms with Crippen LogP contribution in [0, 0.1) is 0 Å². The Kier molecular flexibility index (Phi) is 10.6. The Balaban J connectivity index is 0.000000271. The molecule has 0 saturated carbocycles. The zero-order chi connectivity index (χ0) is 19.5. The van der Waals surface area contributed by atoms with Gasteiger partial charge in [-0.1, -0.05) is 85.9 Å². The molecule has 0 unspecified atom stereocenters. The van der Waals surface area contributed by atoms with E-state index in [0.717, 1.165) is 22.3 Å². The Morgan fingerprint density at radius 2 is 1.43 bits per heavy atom. The van der Waals surface area contributed by atoms with Gasteiger partial charge in [0.1, 0.15) is 0 Å². The number of benzene rings is 1. The van der Waals surface area contributed by atoms with E-state index in [9.17, 15) is 10.2 Å². The van der Waals surface area contributed by atoms with Crippen molar-refractivity contribution < 1.29 is 32.0 Å². The van der Waals surface area contributed by atoms with Gasteiger partial charge in [0, 0.05) is 0 Å². The van der Waals surface area contributed by atoms with Crippen molar-refractivity contribution in [2.75, 3.05) is 6.61 Å². The van der Waals surface area contributed by atoms with Crippen LogP contribution < -0.4 is 10.2 Å². The first-order valence-electron chi connectivity index (χ1n) is 8.96. The zero-order valence-electron chi connectivity index (χ0n) is 16.1. The van der Waals surface area contributed by atoms with E-state index in [1.54, 1.807) is 6.92 Å². The first-order chi connectivity index (χ1) is 13.1. The maximum Gasteiger partial charge on any atom is 2.00 e. The predicted octanol–water partition coefficient (Wildman–Crippen LogP) is 3.63. The molecule has 146 valence electrons. The summed E-state index contributed by atoms with van der Waals surface area (Å²) in [5.74, 6) is -0.0950. The van der Waals surface area contributed by atoms with E-state index in [1.807, 2.05) is 85.9 Å². The second-order valence-corrected chi connectivity index (χ2v) is 6.01. The first-order valence-corrected chi connectivity index (χ1v) is 8.96. The fourth-order valence-electron chi connectivity index (χ4n) is 2.52. The zero-order valence-corrected chi connectivity index (χ0v) is 17.2. The molecule has 3 rings (SSSR count). The SMILES string of the molecule is CCOC([O-])=CC(C)=C1C=CC=C1.[Fe+2].[O-]C(Cc1ccccc1)=C1C=CC=C1. The molecule has 0 amide bonds. The topological polar surface area (TPSA) is 55.3 Å². The summed E-state index contributed by atoms with van der Waals surface area (Å²) in [6, 6.07) is 9.80. The molecule has 0 N–H and O–H groups in total. The second-order valence-electron chi connectivity index (χ2n) is 6.01. The van der Waals surface area contributed by atoms with Crippen LogP contribution in [0.4, 0.5) is 0 Å². The molecule has 1 aromatic carbocycles. The van der Waals surface area contributed by atoms with Gasteiger partial charge in [-0.25, -0.2) is 0 Å². The molecule has 0 atom stereocenters. The average Bonchev–Trinajstić information content (AvgIpc) is 3.37. The van der Waals surface area contributed by atoms with Gasteiger partial charge in [-0.05, 0) is 48.3 Å². The van der Waals surface area contributed by atoms with Gasteiger partial charge in [0.15, 0.2) is 0 Å². The Morgan fingerprint density at radius 3 is 1.96 bits per heavy atom. The van der Waals surface area contributed by atoms with Crippen LogP contribution in [0.2, 0.25) is 0 Å². The number of hydrogen-bond donors (Lipinski definition) is 0. The van der Waals surface area contributed by atoms with Gasteiger partial charge in [-0.15, -0.1) is 5.76 Å².